The Bertz CT molecular complexity index is 866. The van der Waals surface area contributed by atoms with Crippen LogP contribution in [-0.4, -0.2) is 10.9 Å². The van der Waals surface area contributed by atoms with Crippen molar-refractivity contribution in [1.82, 2.24) is 4.98 Å². The van der Waals surface area contributed by atoms with Crippen LogP contribution in [0, 0.1) is 5.41 Å². The molecule has 0 aliphatic heterocycles. The quantitative estimate of drug-likeness (QED) is 0.647. The normalized spacial score (nSPS) is 12.8. The van der Waals surface area contributed by atoms with Gasteiger partial charge in [-0.25, -0.2) is 4.98 Å². The topological polar surface area (TPSA) is 42.0 Å². The highest BCUT2D eigenvalue weighted by atomic mass is 35.5. The number of amides is 1. The SMILES string of the molecule is CC(=CC(C)(C)C)c1ccc(C(=O)Nc2ncc(C(F)(F)F)cc2Cl)cc1. The van der Waals surface area contributed by atoms with Crippen LogP contribution in [-0.2, 0) is 6.18 Å². The van der Waals surface area contributed by atoms with Gasteiger partial charge in [-0.3, -0.25) is 4.79 Å². The summed E-state index contributed by atoms with van der Waals surface area (Å²) in [6, 6.07) is 7.64. The molecule has 1 N–H and O–H groups in total. The first-order chi connectivity index (χ1) is 12.4. The zero-order valence-electron chi connectivity index (χ0n) is 15.4. The molecule has 0 aliphatic rings. The molecule has 1 aromatic heterocycles. The summed E-state index contributed by atoms with van der Waals surface area (Å²) in [6.07, 6.45) is -1.79. The molecule has 0 unspecified atom stereocenters. The molecule has 27 heavy (non-hydrogen) atoms. The highest BCUT2D eigenvalue weighted by Gasteiger charge is 2.31. The van der Waals surface area contributed by atoms with Crippen molar-refractivity contribution in [3.63, 3.8) is 0 Å². The summed E-state index contributed by atoms with van der Waals surface area (Å²) >= 11 is 5.81. The Balaban J connectivity index is 2.16. The van der Waals surface area contributed by atoms with Crippen LogP contribution < -0.4 is 5.32 Å². The molecule has 0 spiro atoms. The van der Waals surface area contributed by atoms with Gasteiger partial charge in [0.25, 0.3) is 5.91 Å². The minimum absolute atomic E-state index is 0.0329. The molecule has 0 bridgehead atoms. The van der Waals surface area contributed by atoms with E-state index in [0.29, 0.717) is 11.8 Å². The van der Waals surface area contributed by atoms with E-state index >= 15 is 0 Å². The number of benzene rings is 1. The van der Waals surface area contributed by atoms with Crippen LogP contribution in [0.3, 0.4) is 0 Å². The fraction of sp³-hybridized carbons (Fsp3) is 0.300. The Hall–Kier alpha value is -2.34. The molecule has 0 radical (unpaired) electrons. The summed E-state index contributed by atoms with van der Waals surface area (Å²) in [5.74, 6) is -0.629. The van der Waals surface area contributed by atoms with Gasteiger partial charge < -0.3 is 5.32 Å². The third-order valence-electron chi connectivity index (χ3n) is 3.65. The molecule has 7 heteroatoms. The number of anilines is 1. The zero-order valence-corrected chi connectivity index (χ0v) is 16.2. The molecule has 1 heterocycles. The third-order valence-corrected chi connectivity index (χ3v) is 3.94. The van der Waals surface area contributed by atoms with E-state index in [1.165, 1.54) is 0 Å². The van der Waals surface area contributed by atoms with Gasteiger partial charge in [0.1, 0.15) is 0 Å². The second-order valence-electron chi connectivity index (χ2n) is 7.28. The lowest BCUT2D eigenvalue weighted by molar-refractivity contribution is -0.137. The van der Waals surface area contributed by atoms with Crippen molar-refractivity contribution in [1.29, 1.82) is 0 Å². The lowest BCUT2D eigenvalue weighted by atomic mass is 9.91. The third kappa shape index (κ3) is 5.82. The van der Waals surface area contributed by atoms with Gasteiger partial charge in [-0.05, 0) is 41.7 Å². The van der Waals surface area contributed by atoms with E-state index in [4.69, 9.17) is 11.6 Å². The maximum Gasteiger partial charge on any atom is 0.417 e. The number of alkyl halides is 3. The second kappa shape index (κ2) is 7.72. The number of carbonyl (C=O) groups is 1. The molecular formula is C20H20ClF3N2O. The molecule has 144 valence electrons. The maximum atomic E-state index is 12.6. The van der Waals surface area contributed by atoms with Gasteiger partial charge in [-0.2, -0.15) is 13.2 Å². The van der Waals surface area contributed by atoms with Crippen LogP contribution >= 0.6 is 11.6 Å². The van der Waals surface area contributed by atoms with E-state index in [0.717, 1.165) is 17.2 Å². The van der Waals surface area contributed by atoms with Crippen molar-refractivity contribution in [3.05, 3.63) is 64.3 Å². The first-order valence-corrected chi connectivity index (χ1v) is 8.58. The molecule has 2 aromatic rings. The molecule has 0 saturated carbocycles. The van der Waals surface area contributed by atoms with Crippen LogP contribution in [0.5, 0.6) is 0 Å². The molecule has 0 aliphatic carbocycles. The number of hydrogen-bond donors (Lipinski definition) is 1. The van der Waals surface area contributed by atoms with Crippen molar-refractivity contribution >= 4 is 28.9 Å². The maximum absolute atomic E-state index is 12.6. The van der Waals surface area contributed by atoms with Crippen molar-refractivity contribution in [3.8, 4) is 0 Å². The standard InChI is InChI=1S/C20H20ClF3N2O/c1-12(10-19(2,3)4)13-5-7-14(8-6-13)18(27)26-17-16(21)9-15(11-25-17)20(22,23)24/h5-11H,1-4H3,(H,25,26,27). The number of pyridine rings is 1. The zero-order chi connectivity index (χ0) is 20.4. The summed E-state index contributed by atoms with van der Waals surface area (Å²) in [5, 5.41) is 2.15. The molecular weight excluding hydrogens is 377 g/mol. The van der Waals surface area contributed by atoms with E-state index in [2.05, 4.69) is 37.1 Å². The van der Waals surface area contributed by atoms with Crippen LogP contribution in [0.25, 0.3) is 5.57 Å². The molecule has 0 fully saturated rings. The number of hydrogen-bond acceptors (Lipinski definition) is 2. The smallest absolute Gasteiger partial charge is 0.305 e. The Kier molecular flexibility index (Phi) is 6.00. The van der Waals surface area contributed by atoms with Gasteiger partial charge in [0.05, 0.1) is 10.6 Å². The Morgan fingerprint density at radius 2 is 1.67 bits per heavy atom. The average Bonchev–Trinajstić information content (AvgIpc) is 2.54. The molecule has 1 amide bonds. The highest BCUT2D eigenvalue weighted by Crippen LogP contribution is 2.32. The van der Waals surface area contributed by atoms with Gasteiger partial charge in [-0.1, -0.05) is 50.6 Å². The van der Waals surface area contributed by atoms with Crippen molar-refractivity contribution in [2.75, 3.05) is 5.32 Å². The number of carbonyl (C=O) groups excluding carboxylic acids is 1. The van der Waals surface area contributed by atoms with Crippen LogP contribution in [0.15, 0.2) is 42.6 Å². The Morgan fingerprint density at radius 1 is 1.11 bits per heavy atom. The summed E-state index contributed by atoms with van der Waals surface area (Å²) in [6.45, 7) is 8.28. The largest absolute Gasteiger partial charge is 0.417 e. The number of rotatable bonds is 3. The van der Waals surface area contributed by atoms with Crippen molar-refractivity contribution < 1.29 is 18.0 Å². The molecule has 1 aromatic carbocycles. The summed E-state index contributed by atoms with van der Waals surface area (Å²) in [5.41, 5.74) is 1.47. The predicted octanol–water partition coefficient (Wildman–Crippen LogP) is 6.46. The summed E-state index contributed by atoms with van der Waals surface area (Å²) in [4.78, 5) is 15.9. The monoisotopic (exact) mass is 396 g/mol. The number of nitrogens with zero attached hydrogens (tertiary/aromatic N) is 1. The Labute approximate surface area is 161 Å². The Morgan fingerprint density at radius 3 is 2.15 bits per heavy atom. The first kappa shape index (κ1) is 21.0. The highest BCUT2D eigenvalue weighted by molar-refractivity contribution is 6.33. The lowest BCUT2D eigenvalue weighted by Gasteiger charge is -2.14. The molecule has 0 atom stereocenters. The van der Waals surface area contributed by atoms with Crippen molar-refractivity contribution in [2.45, 2.75) is 33.9 Å². The first-order valence-electron chi connectivity index (χ1n) is 8.21. The van der Waals surface area contributed by atoms with E-state index in [9.17, 15) is 18.0 Å². The van der Waals surface area contributed by atoms with E-state index < -0.39 is 17.6 Å². The number of allylic oxidation sites excluding steroid dienone is 2. The fourth-order valence-electron chi connectivity index (χ4n) is 2.48. The average molecular weight is 397 g/mol. The summed E-state index contributed by atoms with van der Waals surface area (Å²) in [7, 11) is 0. The number of nitrogens with one attached hydrogen (secondary N) is 1. The van der Waals surface area contributed by atoms with E-state index in [1.54, 1.807) is 12.1 Å². The predicted molar refractivity (Wildman–Crippen MR) is 102 cm³/mol. The van der Waals surface area contributed by atoms with E-state index in [-0.39, 0.29) is 16.3 Å². The van der Waals surface area contributed by atoms with Gasteiger partial charge in [0.15, 0.2) is 5.82 Å². The van der Waals surface area contributed by atoms with Gasteiger partial charge in [0, 0.05) is 11.8 Å². The molecule has 2 rings (SSSR count). The van der Waals surface area contributed by atoms with Crippen molar-refractivity contribution in [2.24, 2.45) is 5.41 Å². The van der Waals surface area contributed by atoms with Crippen LogP contribution in [0.1, 0.15) is 49.2 Å². The van der Waals surface area contributed by atoms with Crippen LogP contribution in [0.4, 0.5) is 19.0 Å². The number of halogens is 4. The van der Waals surface area contributed by atoms with Gasteiger partial charge in [0.2, 0.25) is 0 Å². The summed E-state index contributed by atoms with van der Waals surface area (Å²) < 4.78 is 37.9. The van der Waals surface area contributed by atoms with Crippen LogP contribution in [0.2, 0.25) is 5.02 Å². The number of aromatic nitrogens is 1. The van der Waals surface area contributed by atoms with Gasteiger partial charge in [-0.15, -0.1) is 0 Å². The van der Waals surface area contributed by atoms with E-state index in [1.807, 2.05) is 19.1 Å². The molecule has 3 nitrogen and oxygen atoms in total. The molecule has 0 saturated heterocycles. The minimum Gasteiger partial charge on any atom is -0.305 e. The fourth-order valence-corrected chi connectivity index (χ4v) is 2.70. The minimum atomic E-state index is -4.55. The lowest BCUT2D eigenvalue weighted by Crippen LogP contribution is -2.14. The van der Waals surface area contributed by atoms with Gasteiger partial charge >= 0.3 is 6.18 Å². The second-order valence-corrected chi connectivity index (χ2v) is 7.68.